The second-order valence-corrected chi connectivity index (χ2v) is 4.32. The average Bonchev–Trinajstić information content (AvgIpc) is 2.25. The summed E-state index contributed by atoms with van der Waals surface area (Å²) in [5.74, 6) is 0.909. The summed E-state index contributed by atoms with van der Waals surface area (Å²) in [5.41, 5.74) is 1.07. The van der Waals surface area contributed by atoms with Crippen molar-refractivity contribution in [2.75, 3.05) is 17.2 Å². The van der Waals surface area contributed by atoms with Gasteiger partial charge in [0.25, 0.3) is 0 Å². The van der Waals surface area contributed by atoms with Crippen molar-refractivity contribution in [2.45, 2.75) is 38.3 Å². The maximum atomic E-state index is 9.20. The van der Waals surface area contributed by atoms with Crippen LogP contribution in [0.4, 0.5) is 11.5 Å². The molecule has 0 aliphatic heterocycles. The first-order chi connectivity index (χ1) is 7.78. The number of hydrogen-bond donors (Lipinski definition) is 3. The Kier molecular flexibility index (Phi) is 3.62. The first-order valence-corrected chi connectivity index (χ1v) is 5.92. The highest BCUT2D eigenvalue weighted by Crippen LogP contribution is 2.24. The second-order valence-electron chi connectivity index (χ2n) is 4.32. The largest absolute Gasteiger partial charge is 0.393 e. The lowest BCUT2D eigenvalue weighted by Gasteiger charge is -2.32. The lowest BCUT2D eigenvalue weighted by Crippen LogP contribution is -2.38. The molecular formula is C12H19N3O. The van der Waals surface area contributed by atoms with Gasteiger partial charge >= 0.3 is 0 Å². The highest BCUT2D eigenvalue weighted by molar-refractivity contribution is 5.52. The fourth-order valence-electron chi connectivity index (χ4n) is 1.81. The first kappa shape index (κ1) is 11.2. The van der Waals surface area contributed by atoms with Gasteiger partial charge in [-0.15, -0.1) is 0 Å². The van der Waals surface area contributed by atoms with Crippen LogP contribution in [-0.2, 0) is 0 Å². The summed E-state index contributed by atoms with van der Waals surface area (Å²) in [6.45, 7) is 3.07. The summed E-state index contributed by atoms with van der Waals surface area (Å²) in [5, 5.41) is 15.8. The van der Waals surface area contributed by atoms with E-state index in [1.54, 1.807) is 6.20 Å². The number of anilines is 2. The van der Waals surface area contributed by atoms with Crippen molar-refractivity contribution in [3.8, 4) is 0 Å². The molecule has 1 aliphatic rings. The van der Waals surface area contributed by atoms with Crippen LogP contribution in [0.2, 0.25) is 0 Å². The SMILES string of the molecule is CCCNc1cc(NC2CC(O)C2)ccn1. The van der Waals surface area contributed by atoms with E-state index in [9.17, 15) is 5.11 Å². The second kappa shape index (κ2) is 5.16. The van der Waals surface area contributed by atoms with Gasteiger partial charge in [0.15, 0.2) is 0 Å². The van der Waals surface area contributed by atoms with Crippen LogP contribution in [0.15, 0.2) is 18.3 Å². The average molecular weight is 221 g/mol. The molecule has 88 valence electrons. The van der Waals surface area contributed by atoms with Crippen molar-refractivity contribution in [3.05, 3.63) is 18.3 Å². The maximum absolute atomic E-state index is 9.20. The summed E-state index contributed by atoms with van der Waals surface area (Å²) < 4.78 is 0. The monoisotopic (exact) mass is 221 g/mol. The van der Waals surface area contributed by atoms with Crippen LogP contribution in [-0.4, -0.2) is 28.8 Å². The molecule has 0 unspecified atom stereocenters. The molecule has 0 radical (unpaired) electrons. The summed E-state index contributed by atoms with van der Waals surface area (Å²) in [6.07, 6.45) is 4.47. The number of pyridine rings is 1. The summed E-state index contributed by atoms with van der Waals surface area (Å²) in [4.78, 5) is 4.24. The van der Waals surface area contributed by atoms with Gasteiger partial charge in [-0.1, -0.05) is 6.92 Å². The Bertz CT molecular complexity index is 337. The van der Waals surface area contributed by atoms with Gasteiger partial charge in [-0.05, 0) is 25.3 Å². The predicted molar refractivity (Wildman–Crippen MR) is 65.7 cm³/mol. The van der Waals surface area contributed by atoms with Crippen LogP contribution < -0.4 is 10.6 Å². The lowest BCUT2D eigenvalue weighted by molar-refractivity contribution is 0.0836. The smallest absolute Gasteiger partial charge is 0.127 e. The summed E-state index contributed by atoms with van der Waals surface area (Å²) in [7, 11) is 0. The van der Waals surface area contributed by atoms with Crippen LogP contribution in [0.5, 0.6) is 0 Å². The number of aliphatic hydroxyl groups is 1. The molecule has 3 N–H and O–H groups in total. The van der Waals surface area contributed by atoms with E-state index in [0.717, 1.165) is 37.3 Å². The van der Waals surface area contributed by atoms with Crippen LogP contribution in [0.25, 0.3) is 0 Å². The van der Waals surface area contributed by atoms with Crippen molar-refractivity contribution in [2.24, 2.45) is 0 Å². The van der Waals surface area contributed by atoms with E-state index in [-0.39, 0.29) is 6.10 Å². The molecule has 4 nitrogen and oxygen atoms in total. The van der Waals surface area contributed by atoms with E-state index in [1.165, 1.54) is 0 Å². The molecule has 2 rings (SSSR count). The summed E-state index contributed by atoms with van der Waals surface area (Å²) in [6, 6.07) is 4.39. The van der Waals surface area contributed by atoms with Crippen molar-refractivity contribution in [1.82, 2.24) is 4.98 Å². The van der Waals surface area contributed by atoms with Crippen molar-refractivity contribution >= 4 is 11.5 Å². The molecule has 0 spiro atoms. The number of aromatic nitrogens is 1. The normalized spacial score (nSPS) is 23.6. The van der Waals surface area contributed by atoms with Gasteiger partial charge in [0.1, 0.15) is 5.82 Å². The number of nitrogens with one attached hydrogen (secondary N) is 2. The Balaban J connectivity index is 1.88. The van der Waals surface area contributed by atoms with E-state index < -0.39 is 0 Å². The molecule has 0 aromatic carbocycles. The Labute approximate surface area is 96.1 Å². The molecule has 1 aliphatic carbocycles. The summed E-state index contributed by atoms with van der Waals surface area (Å²) >= 11 is 0. The minimum atomic E-state index is -0.114. The highest BCUT2D eigenvalue weighted by Gasteiger charge is 2.26. The minimum Gasteiger partial charge on any atom is -0.393 e. The van der Waals surface area contributed by atoms with E-state index in [2.05, 4.69) is 22.5 Å². The van der Waals surface area contributed by atoms with Gasteiger partial charge in [-0.25, -0.2) is 4.98 Å². The Hall–Kier alpha value is -1.29. The molecule has 0 saturated heterocycles. The van der Waals surface area contributed by atoms with Crippen LogP contribution >= 0.6 is 0 Å². The molecule has 1 fully saturated rings. The zero-order valence-electron chi connectivity index (χ0n) is 9.61. The third kappa shape index (κ3) is 2.85. The van der Waals surface area contributed by atoms with E-state index >= 15 is 0 Å². The molecule has 1 saturated carbocycles. The molecule has 0 bridgehead atoms. The highest BCUT2D eigenvalue weighted by atomic mass is 16.3. The maximum Gasteiger partial charge on any atom is 0.127 e. The van der Waals surface area contributed by atoms with E-state index in [4.69, 9.17) is 0 Å². The van der Waals surface area contributed by atoms with Crippen molar-refractivity contribution in [3.63, 3.8) is 0 Å². The Morgan fingerprint density at radius 1 is 1.50 bits per heavy atom. The van der Waals surface area contributed by atoms with Gasteiger partial charge in [-0.3, -0.25) is 0 Å². The third-order valence-corrected chi connectivity index (χ3v) is 2.80. The quantitative estimate of drug-likeness (QED) is 0.710. The zero-order valence-corrected chi connectivity index (χ0v) is 9.61. The van der Waals surface area contributed by atoms with Crippen LogP contribution in [0.3, 0.4) is 0 Å². The fourth-order valence-corrected chi connectivity index (χ4v) is 1.81. The van der Waals surface area contributed by atoms with Crippen molar-refractivity contribution < 1.29 is 5.11 Å². The zero-order chi connectivity index (χ0) is 11.4. The molecule has 1 aromatic heterocycles. The first-order valence-electron chi connectivity index (χ1n) is 5.92. The Morgan fingerprint density at radius 2 is 2.31 bits per heavy atom. The third-order valence-electron chi connectivity index (χ3n) is 2.80. The predicted octanol–water partition coefficient (Wildman–Crippen LogP) is 1.84. The molecule has 1 aromatic rings. The molecule has 0 amide bonds. The number of hydrogen-bond acceptors (Lipinski definition) is 4. The number of nitrogens with zero attached hydrogens (tertiary/aromatic N) is 1. The van der Waals surface area contributed by atoms with Crippen LogP contribution in [0.1, 0.15) is 26.2 Å². The van der Waals surface area contributed by atoms with Gasteiger partial charge in [0.05, 0.1) is 6.10 Å². The van der Waals surface area contributed by atoms with Crippen molar-refractivity contribution in [1.29, 1.82) is 0 Å². The minimum absolute atomic E-state index is 0.114. The fraction of sp³-hybridized carbons (Fsp3) is 0.583. The van der Waals surface area contributed by atoms with Crippen LogP contribution in [0, 0.1) is 0 Å². The van der Waals surface area contributed by atoms with Gasteiger partial charge in [-0.2, -0.15) is 0 Å². The molecule has 0 atom stereocenters. The van der Waals surface area contributed by atoms with E-state index in [1.807, 2.05) is 12.1 Å². The lowest BCUT2D eigenvalue weighted by atomic mass is 9.89. The topological polar surface area (TPSA) is 57.2 Å². The molecule has 1 heterocycles. The Morgan fingerprint density at radius 3 is 3.00 bits per heavy atom. The van der Waals surface area contributed by atoms with E-state index in [0.29, 0.717) is 6.04 Å². The van der Waals surface area contributed by atoms with Gasteiger partial charge in [0, 0.05) is 30.5 Å². The molecular weight excluding hydrogens is 202 g/mol. The van der Waals surface area contributed by atoms with Gasteiger partial charge < -0.3 is 15.7 Å². The van der Waals surface area contributed by atoms with Gasteiger partial charge in [0.2, 0.25) is 0 Å². The molecule has 4 heteroatoms. The number of rotatable bonds is 5. The number of aliphatic hydroxyl groups excluding tert-OH is 1. The molecule has 16 heavy (non-hydrogen) atoms. The standard InChI is InChI=1S/C12H19N3O/c1-2-4-13-12-8-9(3-5-14-12)15-10-6-11(16)7-10/h3,5,8,10-11,16H,2,4,6-7H2,1H3,(H2,13,14,15).